The molecule has 0 aromatic rings. The summed E-state index contributed by atoms with van der Waals surface area (Å²) in [5.74, 6) is 7.42. The highest BCUT2D eigenvalue weighted by atomic mass is 16.7. The lowest BCUT2D eigenvalue weighted by atomic mass is 9.89. The number of carbonyl (C=O) groups excluding carboxylic acids is 1. The molecule has 33 heavy (non-hydrogen) atoms. The molecular weight excluding hydrogens is 416 g/mol. The lowest BCUT2D eigenvalue weighted by molar-refractivity contribution is -0.193. The monoisotopic (exact) mass is 458 g/mol. The van der Waals surface area contributed by atoms with E-state index in [-0.39, 0.29) is 24.3 Å². The normalized spacial score (nSPS) is 32.4. The largest absolute Gasteiger partial charge is 0.469 e. The Hall–Kier alpha value is -1.61. The van der Waals surface area contributed by atoms with Gasteiger partial charge in [0.15, 0.2) is 6.29 Å². The molecular formula is C28H42O5. The van der Waals surface area contributed by atoms with Gasteiger partial charge >= 0.3 is 5.97 Å². The van der Waals surface area contributed by atoms with Gasteiger partial charge < -0.3 is 19.3 Å². The van der Waals surface area contributed by atoms with Crippen LogP contribution in [0.4, 0.5) is 0 Å². The fraction of sp³-hybridized carbons (Fsp3) is 0.750. The standard InChI is InChI=1S/C28H42O5/c1-4-5-10-20(2)25(29)15-14-23-24-18-21(11-6-7-12-27(30)31-3)17-22(24)19-26(23)33-28-13-8-9-16-32-28/h11,14-15,20,22-26,28-29H,6-10,12-13,16-19H2,1-3H3/b15-14+,21-11+/t20?,22?,23-,24+,25-,26-,28?/m1/s1. The molecule has 1 heterocycles. The van der Waals surface area contributed by atoms with E-state index in [0.29, 0.717) is 30.6 Å². The van der Waals surface area contributed by atoms with E-state index >= 15 is 0 Å². The summed E-state index contributed by atoms with van der Waals surface area (Å²) in [6, 6.07) is 0. The second kappa shape index (κ2) is 13.3. The van der Waals surface area contributed by atoms with Gasteiger partial charge in [-0.2, -0.15) is 0 Å². The van der Waals surface area contributed by atoms with Gasteiger partial charge in [0.1, 0.15) is 0 Å². The molecule has 2 saturated carbocycles. The van der Waals surface area contributed by atoms with Gasteiger partial charge in [0.05, 0.1) is 19.3 Å². The maximum atomic E-state index is 11.3. The third-order valence-electron chi connectivity index (χ3n) is 7.51. The molecule has 7 atom stereocenters. The number of unbranched alkanes of at least 4 members (excludes halogenated alkanes) is 1. The second-order valence-electron chi connectivity index (χ2n) is 9.93. The zero-order valence-electron chi connectivity index (χ0n) is 20.6. The first kappa shape index (κ1) is 26.0. The predicted molar refractivity (Wildman–Crippen MR) is 129 cm³/mol. The highest BCUT2D eigenvalue weighted by Gasteiger charge is 2.47. The fourth-order valence-corrected chi connectivity index (χ4v) is 5.54. The fourth-order valence-electron chi connectivity index (χ4n) is 5.54. The Kier molecular flexibility index (Phi) is 10.5. The van der Waals surface area contributed by atoms with Gasteiger partial charge in [-0.15, -0.1) is 11.8 Å². The minimum absolute atomic E-state index is 0.0875. The van der Waals surface area contributed by atoms with Crippen LogP contribution in [0.3, 0.4) is 0 Å². The number of aliphatic hydroxyl groups excluding tert-OH is 1. The van der Waals surface area contributed by atoms with Crippen LogP contribution in [0.2, 0.25) is 0 Å². The highest BCUT2D eigenvalue weighted by Crippen LogP contribution is 2.52. The Morgan fingerprint density at radius 1 is 1.33 bits per heavy atom. The van der Waals surface area contributed by atoms with Crippen LogP contribution in [0.15, 0.2) is 23.8 Å². The van der Waals surface area contributed by atoms with Crippen LogP contribution in [0.5, 0.6) is 0 Å². The molecule has 5 heteroatoms. The van der Waals surface area contributed by atoms with Crippen LogP contribution in [0, 0.1) is 35.5 Å². The smallest absolute Gasteiger partial charge is 0.305 e. The number of carbonyl (C=O) groups is 1. The van der Waals surface area contributed by atoms with Crippen LogP contribution in [0.25, 0.3) is 0 Å². The SMILES string of the molecule is CC#CCC(C)[C@H](O)/C=C/[C@H]1[C@H](OC2CCCCO2)CC2C/C(=C\CCCC(=O)OC)C[C@@H]21. The summed E-state index contributed by atoms with van der Waals surface area (Å²) < 4.78 is 17.1. The number of methoxy groups -OCH3 is 1. The third-order valence-corrected chi connectivity index (χ3v) is 7.51. The minimum atomic E-state index is -0.494. The molecule has 1 aliphatic heterocycles. The summed E-state index contributed by atoms with van der Waals surface area (Å²) in [4.78, 5) is 11.3. The maximum absolute atomic E-state index is 11.3. The molecule has 0 aromatic carbocycles. The maximum Gasteiger partial charge on any atom is 0.305 e. The van der Waals surface area contributed by atoms with Gasteiger partial charge in [0.2, 0.25) is 0 Å². The van der Waals surface area contributed by atoms with Crippen LogP contribution < -0.4 is 0 Å². The lowest BCUT2D eigenvalue weighted by Gasteiger charge is -2.29. The summed E-state index contributed by atoms with van der Waals surface area (Å²) in [7, 11) is 1.44. The Bertz CT molecular complexity index is 739. The van der Waals surface area contributed by atoms with E-state index in [4.69, 9.17) is 14.2 Å². The molecule has 0 bridgehead atoms. The third kappa shape index (κ3) is 7.70. The molecule has 1 N–H and O–H groups in total. The Labute approximate surface area is 199 Å². The number of ether oxygens (including phenoxy) is 3. The van der Waals surface area contributed by atoms with Crippen molar-refractivity contribution >= 4 is 5.97 Å². The van der Waals surface area contributed by atoms with Crippen molar-refractivity contribution in [2.24, 2.45) is 23.7 Å². The summed E-state index contributed by atoms with van der Waals surface area (Å²) in [5.41, 5.74) is 1.51. The van der Waals surface area contributed by atoms with Gasteiger partial charge in [0, 0.05) is 25.4 Å². The van der Waals surface area contributed by atoms with Crippen molar-refractivity contribution in [2.75, 3.05) is 13.7 Å². The first-order chi connectivity index (χ1) is 16.0. The Morgan fingerprint density at radius 3 is 2.91 bits per heavy atom. The van der Waals surface area contributed by atoms with Crippen molar-refractivity contribution in [3.8, 4) is 11.8 Å². The highest BCUT2D eigenvalue weighted by molar-refractivity contribution is 5.69. The van der Waals surface area contributed by atoms with Crippen molar-refractivity contribution in [2.45, 2.75) is 96.6 Å². The summed E-state index contributed by atoms with van der Waals surface area (Å²) in [6.45, 7) is 4.67. The quantitative estimate of drug-likeness (QED) is 0.211. The first-order valence-corrected chi connectivity index (χ1v) is 12.8. The van der Waals surface area contributed by atoms with E-state index < -0.39 is 6.10 Å². The number of hydrogen-bond donors (Lipinski definition) is 1. The van der Waals surface area contributed by atoms with Crippen LogP contribution >= 0.6 is 0 Å². The van der Waals surface area contributed by atoms with Gasteiger partial charge in [-0.3, -0.25) is 4.79 Å². The molecule has 0 radical (unpaired) electrons. The summed E-state index contributed by atoms with van der Waals surface area (Å²) >= 11 is 0. The second-order valence-corrected chi connectivity index (χ2v) is 9.93. The zero-order chi connectivity index (χ0) is 23.6. The Balaban J connectivity index is 1.62. The molecule has 3 fully saturated rings. The van der Waals surface area contributed by atoms with Crippen molar-refractivity contribution in [3.05, 3.63) is 23.8 Å². The van der Waals surface area contributed by atoms with E-state index in [2.05, 4.69) is 24.0 Å². The van der Waals surface area contributed by atoms with E-state index in [1.54, 1.807) is 0 Å². The van der Waals surface area contributed by atoms with Crippen molar-refractivity contribution < 1.29 is 24.1 Å². The van der Waals surface area contributed by atoms with E-state index in [1.165, 1.54) is 12.7 Å². The number of rotatable bonds is 10. The van der Waals surface area contributed by atoms with E-state index in [9.17, 15) is 9.90 Å². The van der Waals surface area contributed by atoms with Crippen molar-refractivity contribution in [3.63, 3.8) is 0 Å². The number of allylic oxidation sites excluding steroid dienone is 2. The van der Waals surface area contributed by atoms with Crippen molar-refractivity contribution in [1.82, 2.24) is 0 Å². The van der Waals surface area contributed by atoms with Crippen LogP contribution in [-0.2, 0) is 19.0 Å². The van der Waals surface area contributed by atoms with Gasteiger partial charge in [0.25, 0.3) is 0 Å². The van der Waals surface area contributed by atoms with Gasteiger partial charge in [-0.1, -0.05) is 30.7 Å². The van der Waals surface area contributed by atoms with Gasteiger partial charge in [-0.05, 0) is 76.0 Å². The topological polar surface area (TPSA) is 65.0 Å². The summed E-state index contributed by atoms with van der Waals surface area (Å²) in [6.07, 6.45) is 15.5. The average molecular weight is 459 g/mol. The molecule has 184 valence electrons. The number of fused-ring (bicyclic) bond motifs is 1. The summed E-state index contributed by atoms with van der Waals surface area (Å²) in [5, 5.41) is 10.6. The van der Waals surface area contributed by atoms with Crippen molar-refractivity contribution in [1.29, 1.82) is 0 Å². The molecule has 5 nitrogen and oxygen atoms in total. The zero-order valence-corrected chi connectivity index (χ0v) is 20.6. The number of esters is 1. The molecule has 1 saturated heterocycles. The molecule has 0 amide bonds. The average Bonchev–Trinajstić information content (AvgIpc) is 3.36. The molecule has 2 aliphatic carbocycles. The van der Waals surface area contributed by atoms with Gasteiger partial charge in [-0.25, -0.2) is 0 Å². The Morgan fingerprint density at radius 2 is 2.18 bits per heavy atom. The first-order valence-electron chi connectivity index (χ1n) is 12.8. The number of aliphatic hydroxyl groups is 1. The molecule has 3 unspecified atom stereocenters. The predicted octanol–water partition coefficient (Wildman–Crippen LogP) is 5.18. The number of hydrogen-bond acceptors (Lipinski definition) is 5. The molecule has 0 aromatic heterocycles. The molecule has 0 spiro atoms. The molecule has 3 rings (SSSR count). The minimum Gasteiger partial charge on any atom is -0.469 e. The van der Waals surface area contributed by atoms with E-state index in [0.717, 1.165) is 58.0 Å². The molecule has 3 aliphatic rings. The van der Waals surface area contributed by atoms with Crippen LogP contribution in [-0.4, -0.2) is 43.3 Å². The van der Waals surface area contributed by atoms with E-state index in [1.807, 2.05) is 19.9 Å². The lowest BCUT2D eigenvalue weighted by Crippen LogP contribution is -2.31. The van der Waals surface area contributed by atoms with Crippen LogP contribution in [0.1, 0.15) is 78.1 Å².